The first kappa shape index (κ1) is 11.8. The third-order valence-electron chi connectivity index (χ3n) is 3.44. The molecule has 5 nitrogen and oxygen atoms in total. The van der Waals surface area contributed by atoms with Crippen molar-refractivity contribution in [2.75, 3.05) is 26.2 Å². The van der Waals surface area contributed by atoms with Crippen LogP contribution in [0.25, 0.3) is 0 Å². The molecule has 1 saturated heterocycles. The largest absolute Gasteiger partial charge is 0.481 e. The summed E-state index contributed by atoms with van der Waals surface area (Å²) in [6, 6.07) is 0.822. The molecule has 1 aliphatic carbocycles. The van der Waals surface area contributed by atoms with Crippen molar-refractivity contribution < 1.29 is 15.0 Å². The number of aliphatic carboxylic acids is 1. The molecule has 0 bridgehead atoms. The molecule has 2 fully saturated rings. The first-order valence-electron chi connectivity index (χ1n) is 6.02. The fourth-order valence-electron chi connectivity index (χ4n) is 2.47. The number of aliphatic hydroxyl groups excluding tert-OH is 1. The molecular weight excluding hydrogens is 208 g/mol. The van der Waals surface area contributed by atoms with E-state index >= 15 is 0 Å². The average Bonchev–Trinajstić information content (AvgIpc) is 3.09. The second-order valence-corrected chi connectivity index (χ2v) is 4.83. The first-order valence-corrected chi connectivity index (χ1v) is 6.02. The van der Waals surface area contributed by atoms with E-state index in [0.717, 1.165) is 6.54 Å². The molecule has 0 aromatic heterocycles. The molecule has 0 aromatic rings. The predicted octanol–water partition coefficient (Wildman–Crippen LogP) is -0.494. The maximum atomic E-state index is 11.1. The van der Waals surface area contributed by atoms with Crippen molar-refractivity contribution in [2.45, 2.75) is 31.3 Å². The van der Waals surface area contributed by atoms with Crippen molar-refractivity contribution in [2.24, 2.45) is 5.92 Å². The lowest BCUT2D eigenvalue weighted by Crippen LogP contribution is -2.52. The van der Waals surface area contributed by atoms with Crippen LogP contribution < -0.4 is 5.32 Å². The molecule has 1 aliphatic heterocycles. The van der Waals surface area contributed by atoms with Crippen LogP contribution in [0.1, 0.15) is 19.3 Å². The molecule has 5 heteroatoms. The second-order valence-electron chi connectivity index (χ2n) is 4.83. The van der Waals surface area contributed by atoms with Gasteiger partial charge in [-0.2, -0.15) is 0 Å². The highest BCUT2D eigenvalue weighted by atomic mass is 16.4. The number of piperidine rings is 1. The summed E-state index contributed by atoms with van der Waals surface area (Å²) in [5.74, 6) is -0.952. The molecular formula is C11H20N2O3. The topological polar surface area (TPSA) is 72.8 Å². The zero-order valence-corrected chi connectivity index (χ0v) is 9.43. The Balaban J connectivity index is 1.90. The van der Waals surface area contributed by atoms with Gasteiger partial charge in [0.15, 0.2) is 0 Å². The van der Waals surface area contributed by atoms with Crippen molar-refractivity contribution in [1.82, 2.24) is 10.2 Å². The molecule has 2 atom stereocenters. The number of carbonyl (C=O) groups is 1. The fourth-order valence-corrected chi connectivity index (χ4v) is 2.47. The van der Waals surface area contributed by atoms with Gasteiger partial charge in [0.2, 0.25) is 0 Å². The van der Waals surface area contributed by atoms with Crippen LogP contribution in [0.3, 0.4) is 0 Å². The monoisotopic (exact) mass is 228 g/mol. The van der Waals surface area contributed by atoms with Crippen molar-refractivity contribution in [1.29, 1.82) is 0 Å². The van der Waals surface area contributed by atoms with Gasteiger partial charge in [-0.3, -0.25) is 9.69 Å². The molecule has 92 valence electrons. The Hall–Kier alpha value is -0.650. The minimum absolute atomic E-state index is 0.109. The van der Waals surface area contributed by atoms with Gasteiger partial charge < -0.3 is 15.5 Å². The number of carboxylic acids is 1. The number of carboxylic acid groups (broad SMARTS) is 1. The van der Waals surface area contributed by atoms with Gasteiger partial charge in [0.25, 0.3) is 0 Å². The number of hydrogen-bond donors (Lipinski definition) is 3. The SMILES string of the molecule is O=C(O)C1CC(NCCO)CN(C2CC2)C1. The van der Waals surface area contributed by atoms with Crippen LogP contribution in [0, 0.1) is 5.92 Å². The van der Waals surface area contributed by atoms with Crippen LogP contribution in [-0.4, -0.2) is 59.4 Å². The summed E-state index contributed by atoms with van der Waals surface area (Å²) in [7, 11) is 0. The van der Waals surface area contributed by atoms with Gasteiger partial charge in [-0.15, -0.1) is 0 Å². The molecule has 0 aromatic carbocycles. The molecule has 2 rings (SSSR count). The smallest absolute Gasteiger partial charge is 0.307 e. The summed E-state index contributed by atoms with van der Waals surface area (Å²) in [6.07, 6.45) is 3.09. The lowest BCUT2D eigenvalue weighted by molar-refractivity contribution is -0.144. The number of likely N-dealkylation sites (tertiary alicyclic amines) is 1. The van der Waals surface area contributed by atoms with E-state index < -0.39 is 5.97 Å². The van der Waals surface area contributed by atoms with Gasteiger partial charge in [-0.1, -0.05) is 0 Å². The van der Waals surface area contributed by atoms with Gasteiger partial charge in [0.1, 0.15) is 0 Å². The molecule has 2 unspecified atom stereocenters. The zero-order valence-electron chi connectivity index (χ0n) is 9.43. The van der Waals surface area contributed by atoms with Gasteiger partial charge in [0, 0.05) is 31.7 Å². The summed E-state index contributed by atoms with van der Waals surface area (Å²) >= 11 is 0. The molecule has 0 radical (unpaired) electrons. The Kier molecular flexibility index (Phi) is 3.78. The summed E-state index contributed by atoms with van der Waals surface area (Å²) in [4.78, 5) is 13.3. The molecule has 2 aliphatic rings. The minimum Gasteiger partial charge on any atom is -0.481 e. The Bertz CT molecular complexity index is 256. The summed E-state index contributed by atoms with van der Waals surface area (Å²) < 4.78 is 0. The zero-order chi connectivity index (χ0) is 11.5. The molecule has 0 amide bonds. The first-order chi connectivity index (χ1) is 7.70. The second kappa shape index (κ2) is 5.12. The van der Waals surface area contributed by atoms with Crippen LogP contribution in [0.4, 0.5) is 0 Å². The number of hydrogen-bond acceptors (Lipinski definition) is 4. The third kappa shape index (κ3) is 2.93. The van der Waals surface area contributed by atoms with Gasteiger partial charge in [0.05, 0.1) is 12.5 Å². The van der Waals surface area contributed by atoms with E-state index in [9.17, 15) is 4.79 Å². The molecule has 3 N–H and O–H groups in total. The van der Waals surface area contributed by atoms with Crippen LogP contribution >= 0.6 is 0 Å². The van der Waals surface area contributed by atoms with Crippen molar-refractivity contribution in [3.63, 3.8) is 0 Å². The van der Waals surface area contributed by atoms with E-state index in [1.807, 2.05) is 0 Å². The standard InChI is InChI=1S/C11H20N2O3/c14-4-3-12-9-5-8(11(15)16)6-13(7-9)10-1-2-10/h8-10,12,14H,1-7H2,(H,15,16). The normalized spacial score (nSPS) is 31.6. The number of nitrogens with zero attached hydrogens (tertiary/aromatic N) is 1. The van der Waals surface area contributed by atoms with E-state index in [2.05, 4.69) is 10.2 Å². The quantitative estimate of drug-likeness (QED) is 0.592. The Morgan fingerprint density at radius 1 is 1.38 bits per heavy atom. The van der Waals surface area contributed by atoms with Gasteiger partial charge in [-0.05, 0) is 19.3 Å². The lowest BCUT2D eigenvalue weighted by Gasteiger charge is -2.36. The van der Waals surface area contributed by atoms with Crippen LogP contribution in [0.15, 0.2) is 0 Å². The van der Waals surface area contributed by atoms with Crippen LogP contribution in [-0.2, 0) is 4.79 Å². The van der Waals surface area contributed by atoms with E-state index in [1.54, 1.807) is 0 Å². The highest BCUT2D eigenvalue weighted by molar-refractivity contribution is 5.70. The number of aliphatic hydroxyl groups is 1. The van der Waals surface area contributed by atoms with Crippen molar-refractivity contribution in [3.8, 4) is 0 Å². The molecule has 1 heterocycles. The minimum atomic E-state index is -0.693. The van der Waals surface area contributed by atoms with Gasteiger partial charge >= 0.3 is 5.97 Å². The fraction of sp³-hybridized carbons (Fsp3) is 0.909. The number of nitrogens with one attached hydrogen (secondary N) is 1. The van der Waals surface area contributed by atoms with Crippen molar-refractivity contribution >= 4 is 5.97 Å². The number of rotatable bonds is 5. The summed E-state index contributed by atoms with van der Waals surface area (Å²) in [5.41, 5.74) is 0. The van der Waals surface area contributed by atoms with E-state index in [0.29, 0.717) is 25.6 Å². The van der Waals surface area contributed by atoms with Gasteiger partial charge in [-0.25, -0.2) is 0 Å². The maximum absolute atomic E-state index is 11.1. The van der Waals surface area contributed by atoms with Crippen LogP contribution in [0.2, 0.25) is 0 Å². The maximum Gasteiger partial charge on any atom is 0.307 e. The Labute approximate surface area is 95.4 Å². The van der Waals surface area contributed by atoms with E-state index in [-0.39, 0.29) is 18.6 Å². The average molecular weight is 228 g/mol. The molecule has 1 saturated carbocycles. The predicted molar refractivity (Wildman–Crippen MR) is 59.2 cm³/mol. The van der Waals surface area contributed by atoms with E-state index in [1.165, 1.54) is 12.8 Å². The lowest BCUT2D eigenvalue weighted by atomic mass is 9.94. The molecule has 16 heavy (non-hydrogen) atoms. The third-order valence-corrected chi connectivity index (χ3v) is 3.44. The highest BCUT2D eigenvalue weighted by Crippen LogP contribution is 2.31. The van der Waals surface area contributed by atoms with E-state index in [4.69, 9.17) is 10.2 Å². The van der Waals surface area contributed by atoms with Crippen molar-refractivity contribution in [3.05, 3.63) is 0 Å². The molecule has 0 spiro atoms. The summed E-state index contributed by atoms with van der Waals surface area (Å²) in [5, 5.41) is 21.1. The Morgan fingerprint density at radius 2 is 2.12 bits per heavy atom. The summed E-state index contributed by atoms with van der Waals surface area (Å²) in [6.45, 7) is 2.28. The Morgan fingerprint density at radius 3 is 2.69 bits per heavy atom. The van der Waals surface area contributed by atoms with Crippen LogP contribution in [0.5, 0.6) is 0 Å². The highest BCUT2D eigenvalue weighted by Gasteiger charge is 2.38.